The Labute approximate surface area is 110 Å². The molecule has 5 heteroatoms. The second-order valence-electron chi connectivity index (χ2n) is 4.31. The summed E-state index contributed by atoms with van der Waals surface area (Å²) in [4.78, 5) is 8.19. The Morgan fingerprint density at radius 2 is 2.25 bits per heavy atom. The summed E-state index contributed by atoms with van der Waals surface area (Å²) in [6, 6.07) is 0.348. The van der Waals surface area contributed by atoms with Gasteiger partial charge in [0.25, 0.3) is 0 Å². The van der Waals surface area contributed by atoms with Gasteiger partial charge in [0, 0.05) is 18.8 Å². The summed E-state index contributed by atoms with van der Waals surface area (Å²) in [6.07, 6.45) is 8.37. The molecule has 0 bridgehead atoms. The number of halogens is 1. The number of hydrogen-bond acceptors (Lipinski definition) is 4. The van der Waals surface area contributed by atoms with Crippen molar-refractivity contribution in [3.63, 3.8) is 0 Å². The van der Waals surface area contributed by atoms with Gasteiger partial charge >= 0.3 is 0 Å². The highest BCUT2D eigenvalue weighted by atomic mass is 127. The predicted octanol–water partition coefficient (Wildman–Crippen LogP) is 2.01. The third-order valence-electron chi connectivity index (χ3n) is 3.17. The van der Waals surface area contributed by atoms with Crippen LogP contribution in [0.25, 0.3) is 0 Å². The maximum absolute atomic E-state index is 6.11. The van der Waals surface area contributed by atoms with Crippen LogP contribution in [0.1, 0.15) is 25.7 Å². The van der Waals surface area contributed by atoms with Crippen LogP contribution in [-0.2, 0) is 0 Å². The zero-order chi connectivity index (χ0) is 11.4. The molecule has 1 aliphatic carbocycles. The molecular weight excluding hydrogens is 315 g/mol. The van der Waals surface area contributed by atoms with E-state index in [0.29, 0.717) is 12.0 Å². The second kappa shape index (κ2) is 5.77. The summed E-state index contributed by atoms with van der Waals surface area (Å²) >= 11 is 2.24. The third kappa shape index (κ3) is 3.04. The van der Waals surface area contributed by atoms with Gasteiger partial charge in [-0.3, -0.25) is 0 Å². The van der Waals surface area contributed by atoms with E-state index < -0.39 is 0 Å². The molecule has 2 rings (SSSR count). The van der Waals surface area contributed by atoms with Crippen molar-refractivity contribution in [2.45, 2.75) is 31.7 Å². The van der Waals surface area contributed by atoms with Gasteiger partial charge in [0.2, 0.25) is 0 Å². The van der Waals surface area contributed by atoms with Crippen LogP contribution in [0.3, 0.4) is 0 Å². The summed E-state index contributed by atoms with van der Waals surface area (Å²) in [5, 5.41) is 3.37. The highest BCUT2D eigenvalue weighted by Crippen LogP contribution is 2.23. The van der Waals surface area contributed by atoms with Crippen LogP contribution in [0.4, 0.5) is 5.82 Å². The van der Waals surface area contributed by atoms with Crippen LogP contribution >= 0.6 is 22.6 Å². The molecular formula is C11H17IN4. The molecule has 0 aliphatic heterocycles. The quantitative estimate of drug-likeness (QED) is 0.831. The number of rotatable bonds is 3. The normalized spacial score (nSPS) is 25.4. The molecule has 2 unspecified atom stereocenters. The minimum Gasteiger partial charge on any atom is -0.369 e. The highest BCUT2D eigenvalue weighted by molar-refractivity contribution is 14.1. The van der Waals surface area contributed by atoms with Crippen molar-refractivity contribution in [2.75, 3.05) is 11.9 Å². The average molecular weight is 332 g/mol. The van der Waals surface area contributed by atoms with Crippen molar-refractivity contribution < 1.29 is 0 Å². The van der Waals surface area contributed by atoms with E-state index in [1.54, 1.807) is 6.33 Å². The lowest BCUT2D eigenvalue weighted by Crippen LogP contribution is -2.37. The van der Waals surface area contributed by atoms with Gasteiger partial charge in [-0.25, -0.2) is 9.97 Å². The Balaban J connectivity index is 1.89. The Bertz CT molecular complexity index is 345. The second-order valence-corrected chi connectivity index (χ2v) is 5.47. The molecule has 1 heterocycles. The van der Waals surface area contributed by atoms with Gasteiger partial charge in [-0.2, -0.15) is 0 Å². The molecule has 1 fully saturated rings. The monoisotopic (exact) mass is 332 g/mol. The Kier molecular flexibility index (Phi) is 4.34. The largest absolute Gasteiger partial charge is 0.369 e. The van der Waals surface area contributed by atoms with Crippen LogP contribution in [0.5, 0.6) is 0 Å². The van der Waals surface area contributed by atoms with Gasteiger partial charge in [-0.15, -0.1) is 0 Å². The number of aromatic nitrogens is 2. The molecule has 0 saturated heterocycles. The molecule has 0 spiro atoms. The van der Waals surface area contributed by atoms with Gasteiger partial charge < -0.3 is 11.1 Å². The molecule has 1 aromatic heterocycles. The standard InChI is InChI=1S/C11H17IN4/c12-9-6-14-7-16-11(9)15-5-8-3-1-2-4-10(8)13/h6-8,10H,1-5,13H2,(H,14,15,16). The fourth-order valence-corrected chi connectivity index (χ4v) is 2.65. The van der Waals surface area contributed by atoms with Crippen molar-refractivity contribution >= 4 is 28.4 Å². The van der Waals surface area contributed by atoms with E-state index in [0.717, 1.165) is 22.4 Å². The molecule has 4 nitrogen and oxygen atoms in total. The van der Waals surface area contributed by atoms with Crippen LogP contribution < -0.4 is 11.1 Å². The molecule has 1 aliphatic rings. The smallest absolute Gasteiger partial charge is 0.142 e. The molecule has 88 valence electrons. The van der Waals surface area contributed by atoms with Crippen molar-refractivity contribution in [3.8, 4) is 0 Å². The van der Waals surface area contributed by atoms with Gasteiger partial charge in [-0.05, 0) is 41.4 Å². The van der Waals surface area contributed by atoms with E-state index in [9.17, 15) is 0 Å². The molecule has 1 saturated carbocycles. The minimum atomic E-state index is 0.348. The zero-order valence-electron chi connectivity index (χ0n) is 9.19. The van der Waals surface area contributed by atoms with E-state index in [1.807, 2.05) is 6.20 Å². The SMILES string of the molecule is NC1CCCCC1CNc1ncncc1I. The van der Waals surface area contributed by atoms with Crippen molar-refractivity contribution in [1.29, 1.82) is 0 Å². The number of nitrogens with zero attached hydrogens (tertiary/aromatic N) is 2. The molecule has 0 radical (unpaired) electrons. The first-order valence-electron chi connectivity index (χ1n) is 5.72. The zero-order valence-corrected chi connectivity index (χ0v) is 11.4. The third-order valence-corrected chi connectivity index (χ3v) is 3.96. The number of hydrogen-bond donors (Lipinski definition) is 2. The van der Waals surface area contributed by atoms with Crippen LogP contribution in [0, 0.1) is 9.49 Å². The summed E-state index contributed by atoms with van der Waals surface area (Å²) in [7, 11) is 0. The predicted molar refractivity (Wildman–Crippen MR) is 73.2 cm³/mol. The summed E-state index contributed by atoms with van der Waals surface area (Å²) in [5.74, 6) is 1.51. The average Bonchev–Trinajstić information content (AvgIpc) is 2.30. The van der Waals surface area contributed by atoms with Crippen molar-refractivity contribution in [3.05, 3.63) is 16.1 Å². The first-order valence-corrected chi connectivity index (χ1v) is 6.80. The number of nitrogens with two attached hydrogens (primary N) is 1. The lowest BCUT2D eigenvalue weighted by molar-refractivity contribution is 0.321. The summed E-state index contributed by atoms with van der Waals surface area (Å²) in [5.41, 5.74) is 6.11. The van der Waals surface area contributed by atoms with E-state index in [1.165, 1.54) is 19.3 Å². The van der Waals surface area contributed by atoms with Crippen LogP contribution in [0.2, 0.25) is 0 Å². The van der Waals surface area contributed by atoms with Gasteiger partial charge in [0.15, 0.2) is 0 Å². The first-order chi connectivity index (χ1) is 7.77. The number of anilines is 1. The van der Waals surface area contributed by atoms with Crippen LogP contribution in [-0.4, -0.2) is 22.6 Å². The van der Waals surface area contributed by atoms with E-state index in [4.69, 9.17) is 5.73 Å². The maximum atomic E-state index is 6.11. The Morgan fingerprint density at radius 3 is 3.00 bits per heavy atom. The first kappa shape index (κ1) is 12.0. The van der Waals surface area contributed by atoms with Gasteiger partial charge in [-0.1, -0.05) is 12.8 Å². The maximum Gasteiger partial charge on any atom is 0.142 e. The van der Waals surface area contributed by atoms with Gasteiger partial charge in [0.1, 0.15) is 12.1 Å². The lowest BCUT2D eigenvalue weighted by Gasteiger charge is -2.28. The van der Waals surface area contributed by atoms with Gasteiger partial charge in [0.05, 0.1) is 3.57 Å². The molecule has 0 amide bonds. The van der Waals surface area contributed by atoms with Crippen molar-refractivity contribution in [1.82, 2.24) is 9.97 Å². The topological polar surface area (TPSA) is 63.8 Å². The summed E-state index contributed by atoms with van der Waals surface area (Å²) < 4.78 is 1.06. The van der Waals surface area contributed by atoms with Crippen molar-refractivity contribution in [2.24, 2.45) is 11.7 Å². The fourth-order valence-electron chi connectivity index (χ4n) is 2.16. The Hall–Kier alpha value is -0.430. The molecule has 2 atom stereocenters. The fraction of sp³-hybridized carbons (Fsp3) is 0.636. The van der Waals surface area contributed by atoms with E-state index >= 15 is 0 Å². The van der Waals surface area contributed by atoms with Crippen LogP contribution in [0.15, 0.2) is 12.5 Å². The van der Waals surface area contributed by atoms with E-state index in [-0.39, 0.29) is 0 Å². The lowest BCUT2D eigenvalue weighted by atomic mass is 9.85. The summed E-state index contributed by atoms with van der Waals surface area (Å²) in [6.45, 7) is 0.925. The molecule has 0 aromatic carbocycles. The minimum absolute atomic E-state index is 0.348. The van der Waals surface area contributed by atoms with E-state index in [2.05, 4.69) is 37.9 Å². The Morgan fingerprint density at radius 1 is 1.44 bits per heavy atom. The number of nitrogens with one attached hydrogen (secondary N) is 1. The highest BCUT2D eigenvalue weighted by Gasteiger charge is 2.21. The molecule has 3 N–H and O–H groups in total. The molecule has 1 aromatic rings. The molecule has 16 heavy (non-hydrogen) atoms.